The molecular weight excluding hydrogens is 385 g/mol. The number of fused-ring (bicyclic) bond motifs is 1. The van der Waals surface area contributed by atoms with Crippen LogP contribution in [0.1, 0.15) is 34.5 Å². The molecule has 7 nitrogen and oxygen atoms in total. The highest BCUT2D eigenvalue weighted by Gasteiger charge is 2.46. The van der Waals surface area contributed by atoms with Crippen LogP contribution in [-0.4, -0.2) is 44.3 Å². The van der Waals surface area contributed by atoms with Crippen LogP contribution in [0.5, 0.6) is 0 Å². The van der Waals surface area contributed by atoms with E-state index in [2.05, 4.69) is 20.4 Å². The van der Waals surface area contributed by atoms with Gasteiger partial charge in [-0.3, -0.25) is 9.78 Å². The number of nitrogens with zero attached hydrogens (tertiary/aromatic N) is 5. The lowest BCUT2D eigenvalue weighted by molar-refractivity contribution is -0.146. The van der Waals surface area contributed by atoms with Crippen LogP contribution in [0.2, 0.25) is 0 Å². The minimum absolute atomic E-state index is 0.0301. The number of rotatable bonds is 3. The van der Waals surface area contributed by atoms with Crippen molar-refractivity contribution in [3.63, 3.8) is 0 Å². The highest BCUT2D eigenvalue weighted by Crippen LogP contribution is 2.35. The van der Waals surface area contributed by atoms with E-state index in [4.69, 9.17) is 0 Å². The molecule has 0 radical (unpaired) electrons. The van der Waals surface area contributed by atoms with Gasteiger partial charge in [-0.05, 0) is 44.4 Å². The van der Waals surface area contributed by atoms with Crippen LogP contribution in [0.25, 0.3) is 5.65 Å². The lowest BCUT2D eigenvalue weighted by Gasteiger charge is -2.27. The minimum Gasteiger partial charge on any atom is -0.344 e. The molecule has 0 bridgehead atoms. The van der Waals surface area contributed by atoms with E-state index in [9.17, 15) is 18.0 Å². The fourth-order valence-corrected chi connectivity index (χ4v) is 3.65. The van der Waals surface area contributed by atoms with E-state index in [0.717, 1.165) is 5.56 Å². The van der Waals surface area contributed by atoms with Crippen molar-refractivity contribution in [2.45, 2.75) is 38.9 Å². The Bertz CT molecular complexity index is 1080. The van der Waals surface area contributed by atoms with Crippen LogP contribution in [0.15, 0.2) is 30.7 Å². The maximum absolute atomic E-state index is 13.3. The standard InChI is InChI=1S/C19H19F3N6O/c1-11-8-13(10-23-9-11)24-18(29)16-12(2)26-28-7-5-15(25-17(16)28)27-6-3-4-14(27)19(20,21)22/h5,7-10,14H,3-4,6H2,1-2H3,(H,24,29)/t14-/m0/s1. The lowest BCUT2D eigenvalue weighted by atomic mass is 10.2. The normalized spacial score (nSPS) is 17.1. The van der Waals surface area contributed by atoms with Gasteiger partial charge in [0.2, 0.25) is 0 Å². The van der Waals surface area contributed by atoms with Crippen molar-refractivity contribution >= 4 is 23.1 Å². The number of hydrogen-bond donors (Lipinski definition) is 1. The Hall–Kier alpha value is -3.17. The molecule has 4 rings (SSSR count). The molecule has 1 saturated heterocycles. The van der Waals surface area contributed by atoms with Gasteiger partial charge in [-0.1, -0.05) is 0 Å². The molecule has 0 aromatic carbocycles. The smallest absolute Gasteiger partial charge is 0.344 e. The average molecular weight is 404 g/mol. The maximum Gasteiger partial charge on any atom is 0.408 e. The van der Waals surface area contributed by atoms with Gasteiger partial charge in [-0.25, -0.2) is 9.50 Å². The van der Waals surface area contributed by atoms with Crippen LogP contribution < -0.4 is 10.2 Å². The van der Waals surface area contributed by atoms with Gasteiger partial charge in [0.25, 0.3) is 5.91 Å². The molecule has 0 spiro atoms. The fourth-order valence-electron chi connectivity index (χ4n) is 3.65. The number of hydrogen-bond acceptors (Lipinski definition) is 5. The molecule has 152 valence electrons. The molecule has 4 heterocycles. The number of amides is 1. The molecule has 0 aliphatic carbocycles. The lowest BCUT2D eigenvalue weighted by Crippen LogP contribution is -2.41. The Kier molecular flexibility index (Phi) is 4.64. The zero-order valence-corrected chi connectivity index (χ0v) is 15.9. The van der Waals surface area contributed by atoms with Crippen molar-refractivity contribution in [3.8, 4) is 0 Å². The molecule has 0 unspecified atom stereocenters. The van der Waals surface area contributed by atoms with E-state index in [-0.39, 0.29) is 30.0 Å². The highest BCUT2D eigenvalue weighted by atomic mass is 19.4. The van der Waals surface area contributed by atoms with Gasteiger partial charge < -0.3 is 10.2 Å². The number of halogens is 3. The molecule has 10 heteroatoms. The van der Waals surface area contributed by atoms with Crippen LogP contribution in [0.4, 0.5) is 24.7 Å². The number of carbonyl (C=O) groups excluding carboxylic acids is 1. The van der Waals surface area contributed by atoms with E-state index in [0.29, 0.717) is 17.8 Å². The summed E-state index contributed by atoms with van der Waals surface area (Å²) in [6.07, 6.45) is 0.839. The Morgan fingerprint density at radius 1 is 1.28 bits per heavy atom. The molecule has 29 heavy (non-hydrogen) atoms. The van der Waals surface area contributed by atoms with Gasteiger partial charge in [0.15, 0.2) is 5.65 Å². The van der Waals surface area contributed by atoms with E-state index in [1.165, 1.54) is 27.9 Å². The van der Waals surface area contributed by atoms with Crippen molar-refractivity contribution in [1.82, 2.24) is 19.6 Å². The van der Waals surface area contributed by atoms with Crippen molar-refractivity contribution in [3.05, 3.63) is 47.5 Å². The summed E-state index contributed by atoms with van der Waals surface area (Å²) in [5.74, 6) is -0.258. The summed E-state index contributed by atoms with van der Waals surface area (Å²) < 4.78 is 41.4. The molecule has 3 aromatic rings. The van der Waals surface area contributed by atoms with E-state index in [1.54, 1.807) is 19.2 Å². The molecule has 3 aromatic heterocycles. The molecule has 0 saturated carbocycles. The number of alkyl halides is 3. The van der Waals surface area contributed by atoms with Crippen molar-refractivity contribution in [1.29, 1.82) is 0 Å². The summed E-state index contributed by atoms with van der Waals surface area (Å²) in [6, 6.07) is 1.69. The summed E-state index contributed by atoms with van der Waals surface area (Å²) >= 11 is 0. The number of aromatic nitrogens is 4. The molecule has 1 atom stereocenters. The first kappa shape index (κ1) is 19.2. The largest absolute Gasteiger partial charge is 0.408 e. The van der Waals surface area contributed by atoms with Crippen molar-refractivity contribution < 1.29 is 18.0 Å². The van der Waals surface area contributed by atoms with Gasteiger partial charge in [0.05, 0.1) is 17.6 Å². The third kappa shape index (κ3) is 3.62. The van der Waals surface area contributed by atoms with E-state index < -0.39 is 18.1 Å². The van der Waals surface area contributed by atoms with Crippen molar-refractivity contribution in [2.24, 2.45) is 0 Å². The average Bonchev–Trinajstić information content (AvgIpc) is 3.24. The van der Waals surface area contributed by atoms with Gasteiger partial charge in [-0.2, -0.15) is 18.3 Å². The first-order chi connectivity index (χ1) is 13.7. The Balaban J connectivity index is 1.71. The zero-order chi connectivity index (χ0) is 20.8. The summed E-state index contributed by atoms with van der Waals surface area (Å²) in [6.45, 7) is 3.77. The topological polar surface area (TPSA) is 75.4 Å². The van der Waals surface area contributed by atoms with Gasteiger partial charge >= 0.3 is 6.18 Å². The fraction of sp³-hybridized carbons (Fsp3) is 0.368. The SMILES string of the molecule is Cc1cncc(NC(=O)c2c(C)nn3ccc(N4CCC[C@H]4C(F)(F)F)nc23)c1. The van der Waals surface area contributed by atoms with Crippen LogP contribution >= 0.6 is 0 Å². The Labute approximate surface area is 164 Å². The summed E-state index contributed by atoms with van der Waals surface area (Å²) in [4.78, 5) is 22.5. The summed E-state index contributed by atoms with van der Waals surface area (Å²) in [5, 5.41) is 7.02. The molecule has 1 N–H and O–H groups in total. The summed E-state index contributed by atoms with van der Waals surface area (Å²) in [7, 11) is 0. The second-order valence-corrected chi connectivity index (χ2v) is 7.11. The van der Waals surface area contributed by atoms with Gasteiger partial charge in [-0.15, -0.1) is 0 Å². The number of carbonyl (C=O) groups is 1. The summed E-state index contributed by atoms with van der Waals surface area (Å²) in [5.41, 5.74) is 2.26. The van der Waals surface area contributed by atoms with E-state index in [1.807, 2.05) is 6.92 Å². The molecular formula is C19H19F3N6O. The molecule has 1 fully saturated rings. The predicted octanol–water partition coefficient (Wildman–Crippen LogP) is 3.52. The zero-order valence-electron chi connectivity index (χ0n) is 15.9. The van der Waals surface area contributed by atoms with Crippen LogP contribution in [0.3, 0.4) is 0 Å². The van der Waals surface area contributed by atoms with E-state index >= 15 is 0 Å². The number of anilines is 2. The Morgan fingerprint density at radius 3 is 2.79 bits per heavy atom. The highest BCUT2D eigenvalue weighted by molar-refractivity contribution is 6.09. The second-order valence-electron chi connectivity index (χ2n) is 7.11. The quantitative estimate of drug-likeness (QED) is 0.723. The molecule has 1 aliphatic rings. The molecule has 1 aliphatic heterocycles. The third-order valence-electron chi connectivity index (χ3n) is 4.93. The van der Waals surface area contributed by atoms with Crippen LogP contribution in [0, 0.1) is 13.8 Å². The predicted molar refractivity (Wildman–Crippen MR) is 101 cm³/mol. The Morgan fingerprint density at radius 2 is 2.07 bits per heavy atom. The second kappa shape index (κ2) is 7.02. The number of pyridine rings is 1. The van der Waals surface area contributed by atoms with Gasteiger partial charge in [0.1, 0.15) is 17.4 Å². The first-order valence-electron chi connectivity index (χ1n) is 9.16. The maximum atomic E-state index is 13.3. The first-order valence-corrected chi connectivity index (χ1v) is 9.16. The monoisotopic (exact) mass is 404 g/mol. The van der Waals surface area contributed by atoms with Crippen LogP contribution in [-0.2, 0) is 0 Å². The van der Waals surface area contributed by atoms with Crippen molar-refractivity contribution in [2.75, 3.05) is 16.8 Å². The minimum atomic E-state index is -4.33. The molecule has 1 amide bonds. The van der Waals surface area contributed by atoms with Gasteiger partial charge in [0, 0.05) is 18.9 Å². The number of aryl methyl sites for hydroxylation is 2. The number of nitrogens with one attached hydrogen (secondary N) is 1. The third-order valence-corrected chi connectivity index (χ3v) is 4.93.